The van der Waals surface area contributed by atoms with E-state index in [-0.39, 0.29) is 6.61 Å². The van der Waals surface area contributed by atoms with E-state index in [1.54, 1.807) is 0 Å². The van der Waals surface area contributed by atoms with Crippen LogP contribution in [0.15, 0.2) is 22.7 Å². The van der Waals surface area contributed by atoms with Crippen LogP contribution >= 0.6 is 15.9 Å². The van der Waals surface area contributed by atoms with Crippen molar-refractivity contribution in [1.29, 1.82) is 0 Å². The first-order chi connectivity index (χ1) is 8.29. The quantitative estimate of drug-likeness (QED) is 0.870. The summed E-state index contributed by atoms with van der Waals surface area (Å²) in [5, 5.41) is 8.90. The minimum Gasteiger partial charge on any atom is -0.493 e. The summed E-state index contributed by atoms with van der Waals surface area (Å²) < 4.78 is 6.96. The predicted molar refractivity (Wildman–Crippen MR) is 72.4 cm³/mol. The molecule has 0 amide bonds. The monoisotopic (exact) mass is 298 g/mol. The summed E-state index contributed by atoms with van der Waals surface area (Å²) in [6.45, 7) is 1.07. The van der Waals surface area contributed by atoms with Gasteiger partial charge >= 0.3 is 0 Å². The standard InChI is InChI=1S/C14H19BrO2/c15-13-6-7-14(12(9-13)5-2-8-16)17-10-11-3-1-4-11/h6-7,9,11,16H,1-5,8,10H2. The second-order valence-corrected chi connectivity index (χ2v) is 5.60. The second kappa shape index (κ2) is 6.41. The minimum atomic E-state index is 0.231. The molecule has 17 heavy (non-hydrogen) atoms. The van der Waals surface area contributed by atoms with E-state index in [0.29, 0.717) is 0 Å². The van der Waals surface area contributed by atoms with E-state index in [1.807, 2.05) is 12.1 Å². The lowest BCUT2D eigenvalue weighted by molar-refractivity contribution is 0.179. The van der Waals surface area contributed by atoms with E-state index in [4.69, 9.17) is 9.84 Å². The van der Waals surface area contributed by atoms with Gasteiger partial charge in [-0.1, -0.05) is 22.4 Å². The molecule has 2 rings (SSSR count). The van der Waals surface area contributed by atoms with Crippen molar-refractivity contribution >= 4 is 15.9 Å². The molecule has 0 spiro atoms. The van der Waals surface area contributed by atoms with Gasteiger partial charge in [-0.05, 0) is 55.4 Å². The van der Waals surface area contributed by atoms with Crippen molar-refractivity contribution in [1.82, 2.24) is 0 Å². The highest BCUT2D eigenvalue weighted by molar-refractivity contribution is 9.10. The van der Waals surface area contributed by atoms with Crippen LogP contribution in [0.1, 0.15) is 31.2 Å². The molecule has 1 saturated carbocycles. The largest absolute Gasteiger partial charge is 0.493 e. The van der Waals surface area contributed by atoms with Crippen molar-refractivity contribution in [3.05, 3.63) is 28.2 Å². The fraction of sp³-hybridized carbons (Fsp3) is 0.571. The van der Waals surface area contributed by atoms with E-state index < -0.39 is 0 Å². The van der Waals surface area contributed by atoms with Crippen molar-refractivity contribution < 1.29 is 9.84 Å². The zero-order valence-electron chi connectivity index (χ0n) is 9.99. The number of aliphatic hydroxyl groups is 1. The summed E-state index contributed by atoms with van der Waals surface area (Å²) in [5.74, 6) is 1.73. The van der Waals surface area contributed by atoms with Crippen molar-refractivity contribution in [3.63, 3.8) is 0 Å². The highest BCUT2D eigenvalue weighted by Gasteiger charge is 2.18. The zero-order chi connectivity index (χ0) is 12.1. The minimum absolute atomic E-state index is 0.231. The number of benzene rings is 1. The number of halogens is 1. The summed E-state index contributed by atoms with van der Waals surface area (Å²) in [6.07, 6.45) is 5.63. The van der Waals surface area contributed by atoms with Gasteiger partial charge in [0, 0.05) is 11.1 Å². The average Bonchev–Trinajstić information content (AvgIpc) is 2.26. The molecule has 1 aliphatic carbocycles. The van der Waals surface area contributed by atoms with Crippen molar-refractivity contribution in [2.24, 2.45) is 5.92 Å². The number of hydrogen-bond donors (Lipinski definition) is 1. The van der Waals surface area contributed by atoms with Gasteiger partial charge in [0.05, 0.1) is 6.61 Å². The lowest BCUT2D eigenvalue weighted by atomic mass is 9.86. The molecule has 0 aromatic heterocycles. The number of hydrogen-bond acceptors (Lipinski definition) is 2. The zero-order valence-corrected chi connectivity index (χ0v) is 11.6. The van der Waals surface area contributed by atoms with E-state index in [9.17, 15) is 0 Å². The van der Waals surface area contributed by atoms with Crippen LogP contribution in [-0.2, 0) is 6.42 Å². The predicted octanol–water partition coefficient (Wildman–Crippen LogP) is 3.55. The molecule has 0 radical (unpaired) electrons. The summed E-state index contributed by atoms with van der Waals surface area (Å²) in [4.78, 5) is 0. The Morgan fingerprint density at radius 1 is 1.35 bits per heavy atom. The maximum absolute atomic E-state index is 8.90. The van der Waals surface area contributed by atoms with Crippen LogP contribution in [0, 0.1) is 5.92 Å². The molecule has 94 valence electrons. The van der Waals surface area contributed by atoms with Crippen LogP contribution in [0.25, 0.3) is 0 Å². The number of aliphatic hydroxyl groups excluding tert-OH is 1. The third kappa shape index (κ3) is 3.71. The molecule has 0 bridgehead atoms. The van der Waals surface area contributed by atoms with Gasteiger partial charge in [-0.3, -0.25) is 0 Å². The van der Waals surface area contributed by atoms with Crippen LogP contribution in [-0.4, -0.2) is 18.3 Å². The van der Waals surface area contributed by atoms with Crippen LogP contribution < -0.4 is 4.74 Å². The molecule has 0 aliphatic heterocycles. The Kier molecular flexibility index (Phi) is 4.86. The molecular formula is C14H19BrO2. The Labute approximate surface area is 111 Å². The third-order valence-electron chi connectivity index (χ3n) is 3.33. The Morgan fingerprint density at radius 3 is 2.82 bits per heavy atom. The first-order valence-corrected chi connectivity index (χ1v) is 7.11. The Balaban J connectivity index is 1.97. The Morgan fingerprint density at radius 2 is 2.18 bits per heavy atom. The van der Waals surface area contributed by atoms with Crippen molar-refractivity contribution in [2.75, 3.05) is 13.2 Å². The molecule has 1 aromatic rings. The van der Waals surface area contributed by atoms with Gasteiger partial charge in [-0.2, -0.15) is 0 Å². The topological polar surface area (TPSA) is 29.5 Å². The van der Waals surface area contributed by atoms with E-state index in [0.717, 1.165) is 35.6 Å². The van der Waals surface area contributed by atoms with Crippen molar-refractivity contribution in [3.8, 4) is 5.75 Å². The molecule has 1 aromatic carbocycles. The van der Waals surface area contributed by atoms with E-state index >= 15 is 0 Å². The molecule has 1 aliphatic rings. The van der Waals surface area contributed by atoms with Crippen LogP contribution in [0.4, 0.5) is 0 Å². The molecular weight excluding hydrogens is 280 g/mol. The maximum Gasteiger partial charge on any atom is 0.122 e. The van der Waals surface area contributed by atoms with Gasteiger partial charge < -0.3 is 9.84 Å². The molecule has 0 atom stereocenters. The fourth-order valence-corrected chi connectivity index (χ4v) is 2.43. The number of aryl methyl sites for hydroxylation is 1. The lowest BCUT2D eigenvalue weighted by Gasteiger charge is -2.25. The number of rotatable bonds is 6. The smallest absolute Gasteiger partial charge is 0.122 e. The highest BCUT2D eigenvalue weighted by Crippen LogP contribution is 2.29. The maximum atomic E-state index is 8.90. The van der Waals surface area contributed by atoms with E-state index in [1.165, 1.54) is 24.8 Å². The summed E-state index contributed by atoms with van der Waals surface area (Å²) >= 11 is 3.48. The fourth-order valence-electron chi connectivity index (χ4n) is 2.02. The summed E-state index contributed by atoms with van der Waals surface area (Å²) in [7, 11) is 0. The third-order valence-corrected chi connectivity index (χ3v) is 3.82. The molecule has 1 fully saturated rings. The molecule has 0 unspecified atom stereocenters. The number of ether oxygens (including phenoxy) is 1. The van der Waals surface area contributed by atoms with E-state index in [2.05, 4.69) is 22.0 Å². The highest BCUT2D eigenvalue weighted by atomic mass is 79.9. The molecule has 0 heterocycles. The average molecular weight is 299 g/mol. The van der Waals surface area contributed by atoms with Gasteiger partial charge in [0.2, 0.25) is 0 Å². The normalized spacial score (nSPS) is 15.6. The van der Waals surface area contributed by atoms with Gasteiger partial charge in [-0.15, -0.1) is 0 Å². The second-order valence-electron chi connectivity index (χ2n) is 4.69. The molecule has 3 heteroatoms. The van der Waals surface area contributed by atoms with Gasteiger partial charge in [0.1, 0.15) is 5.75 Å². The SMILES string of the molecule is OCCCc1cc(Br)ccc1OCC1CCC1. The molecule has 0 saturated heterocycles. The van der Waals surface area contributed by atoms with Gasteiger partial charge in [-0.25, -0.2) is 0 Å². The molecule has 2 nitrogen and oxygen atoms in total. The van der Waals surface area contributed by atoms with Crippen LogP contribution in [0.5, 0.6) is 5.75 Å². The van der Waals surface area contributed by atoms with Gasteiger partial charge in [0.25, 0.3) is 0 Å². The summed E-state index contributed by atoms with van der Waals surface area (Å²) in [6, 6.07) is 6.12. The summed E-state index contributed by atoms with van der Waals surface area (Å²) in [5.41, 5.74) is 1.19. The lowest BCUT2D eigenvalue weighted by Crippen LogP contribution is -2.19. The van der Waals surface area contributed by atoms with Crippen LogP contribution in [0.2, 0.25) is 0 Å². The molecule has 1 N–H and O–H groups in total. The Hall–Kier alpha value is -0.540. The first kappa shape index (κ1) is 12.9. The Bertz CT molecular complexity index is 361. The van der Waals surface area contributed by atoms with Crippen molar-refractivity contribution in [2.45, 2.75) is 32.1 Å². The van der Waals surface area contributed by atoms with Gasteiger partial charge in [0.15, 0.2) is 0 Å². The van der Waals surface area contributed by atoms with Crippen LogP contribution in [0.3, 0.4) is 0 Å². The first-order valence-electron chi connectivity index (χ1n) is 6.31.